The zero-order chi connectivity index (χ0) is 12.8. The first-order chi connectivity index (χ1) is 8.11. The Hall–Kier alpha value is -1.80. The van der Waals surface area contributed by atoms with Crippen LogP contribution in [0.2, 0.25) is 0 Å². The maximum atomic E-state index is 11.4. The van der Waals surface area contributed by atoms with E-state index in [1.807, 2.05) is 13.0 Å². The lowest BCUT2D eigenvalue weighted by atomic mass is 10.0. The highest BCUT2D eigenvalue weighted by Crippen LogP contribution is 2.20. The van der Waals surface area contributed by atoms with Gasteiger partial charge in [0, 0.05) is 18.8 Å². The maximum absolute atomic E-state index is 11.4. The average molecular weight is 236 g/mol. The summed E-state index contributed by atoms with van der Waals surface area (Å²) in [5.41, 5.74) is 0.677. The molecular weight excluding hydrogens is 220 g/mol. The summed E-state index contributed by atoms with van der Waals surface area (Å²) >= 11 is 0. The van der Waals surface area contributed by atoms with Gasteiger partial charge in [-0.05, 0) is 32.3 Å². The van der Waals surface area contributed by atoms with Crippen LogP contribution in [0.25, 0.3) is 0 Å². The highest BCUT2D eigenvalue weighted by molar-refractivity contribution is 5.44. The molecule has 0 aliphatic rings. The number of aromatic nitrogens is 1. The molecule has 5 heteroatoms. The Morgan fingerprint density at radius 3 is 2.82 bits per heavy atom. The average Bonchev–Trinajstić information content (AvgIpc) is 2.28. The number of hydrogen-bond acceptors (Lipinski definition) is 4. The minimum atomic E-state index is -0.545. The topological polar surface area (TPSA) is 86.1 Å². The second-order valence-electron chi connectivity index (χ2n) is 3.69. The molecule has 0 unspecified atom stereocenters. The molecule has 1 aromatic rings. The fraction of sp³-hybridized carbons (Fsp3) is 0.500. The van der Waals surface area contributed by atoms with E-state index in [9.17, 15) is 9.90 Å². The maximum Gasteiger partial charge on any atom is 0.268 e. The van der Waals surface area contributed by atoms with E-state index in [0.717, 1.165) is 6.42 Å². The Kier molecular flexibility index (Phi) is 4.73. The third kappa shape index (κ3) is 3.08. The van der Waals surface area contributed by atoms with E-state index < -0.39 is 5.56 Å². The van der Waals surface area contributed by atoms with Crippen LogP contribution in [0.15, 0.2) is 4.79 Å². The summed E-state index contributed by atoms with van der Waals surface area (Å²) in [6, 6.07) is 1.85. The fourth-order valence-electron chi connectivity index (χ4n) is 1.68. The van der Waals surface area contributed by atoms with E-state index in [4.69, 9.17) is 10.00 Å². The summed E-state index contributed by atoms with van der Waals surface area (Å²) in [6.07, 6.45) is 1.31. The summed E-state index contributed by atoms with van der Waals surface area (Å²) in [7, 11) is 0. The van der Waals surface area contributed by atoms with Crippen molar-refractivity contribution in [2.75, 3.05) is 13.2 Å². The normalized spacial score (nSPS) is 10.2. The first-order valence-electron chi connectivity index (χ1n) is 5.54. The van der Waals surface area contributed by atoms with Crippen LogP contribution >= 0.6 is 0 Å². The van der Waals surface area contributed by atoms with Crippen molar-refractivity contribution in [1.82, 2.24) is 4.98 Å². The van der Waals surface area contributed by atoms with Crippen molar-refractivity contribution in [3.05, 3.63) is 27.0 Å². The zero-order valence-electron chi connectivity index (χ0n) is 10.0. The SMILES string of the molecule is CCOCCCc1c(O)[nH]c(=O)c(C#N)c1C. The molecule has 0 saturated carbocycles. The number of pyridine rings is 1. The summed E-state index contributed by atoms with van der Waals surface area (Å²) in [5.74, 6) is -0.150. The van der Waals surface area contributed by atoms with Gasteiger partial charge in [0.25, 0.3) is 5.56 Å². The van der Waals surface area contributed by atoms with Crippen molar-refractivity contribution in [2.24, 2.45) is 0 Å². The van der Waals surface area contributed by atoms with Crippen LogP contribution in [0.5, 0.6) is 5.88 Å². The van der Waals surface area contributed by atoms with Crippen LogP contribution < -0.4 is 5.56 Å². The monoisotopic (exact) mass is 236 g/mol. The van der Waals surface area contributed by atoms with Crippen LogP contribution in [-0.2, 0) is 11.2 Å². The van der Waals surface area contributed by atoms with Gasteiger partial charge in [0.15, 0.2) is 5.88 Å². The number of aromatic amines is 1. The number of H-pyrrole nitrogens is 1. The summed E-state index contributed by atoms with van der Waals surface area (Å²) in [4.78, 5) is 13.6. The molecule has 1 rings (SSSR count). The van der Waals surface area contributed by atoms with Crippen molar-refractivity contribution >= 4 is 0 Å². The van der Waals surface area contributed by atoms with Gasteiger partial charge >= 0.3 is 0 Å². The van der Waals surface area contributed by atoms with Crippen molar-refractivity contribution in [2.45, 2.75) is 26.7 Å². The lowest BCUT2D eigenvalue weighted by Gasteiger charge is -2.09. The van der Waals surface area contributed by atoms with Gasteiger partial charge in [-0.15, -0.1) is 0 Å². The number of nitrogens with one attached hydrogen (secondary N) is 1. The van der Waals surface area contributed by atoms with Gasteiger partial charge in [-0.2, -0.15) is 5.26 Å². The quantitative estimate of drug-likeness (QED) is 0.753. The Morgan fingerprint density at radius 2 is 2.24 bits per heavy atom. The van der Waals surface area contributed by atoms with E-state index in [1.165, 1.54) is 0 Å². The molecule has 0 spiro atoms. The molecule has 0 aliphatic heterocycles. The number of hydrogen-bond donors (Lipinski definition) is 2. The Bertz CT molecular complexity index is 486. The molecule has 2 N–H and O–H groups in total. The third-order valence-corrected chi connectivity index (χ3v) is 2.60. The number of nitrogens with zero attached hydrogens (tertiary/aromatic N) is 1. The van der Waals surface area contributed by atoms with Gasteiger partial charge in [0.2, 0.25) is 0 Å². The molecule has 0 aromatic carbocycles. The molecule has 0 aliphatic carbocycles. The molecule has 0 amide bonds. The second kappa shape index (κ2) is 6.06. The molecular formula is C12H16N2O3. The Balaban J connectivity index is 2.92. The smallest absolute Gasteiger partial charge is 0.268 e. The van der Waals surface area contributed by atoms with Crippen LogP contribution in [0, 0.1) is 18.3 Å². The minimum Gasteiger partial charge on any atom is -0.494 e. The molecule has 0 atom stereocenters. The van der Waals surface area contributed by atoms with Crippen LogP contribution in [-0.4, -0.2) is 23.3 Å². The molecule has 1 aromatic heterocycles. The van der Waals surface area contributed by atoms with Gasteiger partial charge < -0.3 is 9.84 Å². The highest BCUT2D eigenvalue weighted by Gasteiger charge is 2.13. The molecule has 0 fully saturated rings. The van der Waals surface area contributed by atoms with Gasteiger partial charge in [-0.3, -0.25) is 9.78 Å². The number of ether oxygens (including phenoxy) is 1. The molecule has 17 heavy (non-hydrogen) atoms. The predicted molar refractivity (Wildman–Crippen MR) is 63.0 cm³/mol. The third-order valence-electron chi connectivity index (χ3n) is 2.60. The molecule has 1 heterocycles. The van der Waals surface area contributed by atoms with E-state index in [0.29, 0.717) is 30.8 Å². The van der Waals surface area contributed by atoms with E-state index in [2.05, 4.69) is 4.98 Å². The van der Waals surface area contributed by atoms with Crippen molar-refractivity contribution < 1.29 is 9.84 Å². The van der Waals surface area contributed by atoms with Crippen molar-refractivity contribution in [1.29, 1.82) is 5.26 Å². The summed E-state index contributed by atoms with van der Waals surface area (Å²) in [5, 5.41) is 18.5. The largest absolute Gasteiger partial charge is 0.494 e. The molecule has 92 valence electrons. The van der Waals surface area contributed by atoms with Crippen molar-refractivity contribution in [3.8, 4) is 11.9 Å². The lowest BCUT2D eigenvalue weighted by Crippen LogP contribution is -2.14. The number of aromatic hydroxyl groups is 1. The first-order valence-corrected chi connectivity index (χ1v) is 5.54. The summed E-state index contributed by atoms with van der Waals surface area (Å²) in [6.45, 7) is 4.83. The van der Waals surface area contributed by atoms with Gasteiger partial charge in [-0.1, -0.05) is 0 Å². The fourth-order valence-corrected chi connectivity index (χ4v) is 1.68. The Morgan fingerprint density at radius 1 is 1.53 bits per heavy atom. The van der Waals surface area contributed by atoms with E-state index in [-0.39, 0.29) is 11.4 Å². The first kappa shape index (κ1) is 13.3. The van der Waals surface area contributed by atoms with Gasteiger partial charge in [-0.25, -0.2) is 0 Å². The molecule has 5 nitrogen and oxygen atoms in total. The lowest BCUT2D eigenvalue weighted by molar-refractivity contribution is 0.145. The van der Waals surface area contributed by atoms with Gasteiger partial charge in [0.05, 0.1) is 0 Å². The second-order valence-corrected chi connectivity index (χ2v) is 3.69. The van der Waals surface area contributed by atoms with Crippen LogP contribution in [0.1, 0.15) is 30.0 Å². The number of nitriles is 1. The highest BCUT2D eigenvalue weighted by atomic mass is 16.5. The van der Waals surface area contributed by atoms with Gasteiger partial charge in [0.1, 0.15) is 11.6 Å². The van der Waals surface area contributed by atoms with Crippen LogP contribution in [0.4, 0.5) is 0 Å². The van der Waals surface area contributed by atoms with E-state index in [1.54, 1.807) is 6.92 Å². The molecule has 0 radical (unpaired) electrons. The zero-order valence-corrected chi connectivity index (χ0v) is 10.0. The summed E-state index contributed by atoms with van der Waals surface area (Å²) < 4.78 is 5.20. The number of rotatable bonds is 5. The molecule has 0 saturated heterocycles. The predicted octanol–water partition coefficient (Wildman–Crippen LogP) is 1.23. The van der Waals surface area contributed by atoms with Crippen LogP contribution in [0.3, 0.4) is 0 Å². The Labute approximate surface area is 99.7 Å². The van der Waals surface area contributed by atoms with Crippen molar-refractivity contribution in [3.63, 3.8) is 0 Å². The minimum absolute atomic E-state index is 0.0641. The molecule has 0 bridgehead atoms. The van der Waals surface area contributed by atoms with E-state index >= 15 is 0 Å². The standard InChI is InChI=1S/C12H16N2O3/c1-3-17-6-4-5-9-8(2)10(7-13)12(16)14-11(9)15/h3-6H2,1-2H3,(H2,14,15,16).